The molecule has 0 radical (unpaired) electrons. The lowest BCUT2D eigenvalue weighted by atomic mass is 10.2. The molecule has 1 atom stereocenters. The molecule has 19 heavy (non-hydrogen) atoms. The van der Waals surface area contributed by atoms with Crippen molar-refractivity contribution in [3.8, 4) is 5.75 Å². The summed E-state index contributed by atoms with van der Waals surface area (Å²) in [7, 11) is 0. The number of hydrogen-bond donors (Lipinski definition) is 1. The molecule has 0 aliphatic rings. The van der Waals surface area contributed by atoms with Crippen LogP contribution in [0.5, 0.6) is 5.75 Å². The second kappa shape index (κ2) is 6.29. The Hall–Kier alpha value is -1.95. The largest absolute Gasteiger partial charge is 0.481 e. The number of ether oxygens (including phenoxy) is 1. The molecule has 1 amide bonds. The fraction of sp³-hybridized carbons (Fsp3) is 0.308. The molecule has 0 aliphatic heterocycles. The first-order valence-corrected chi connectivity index (χ1v) is 6.87. The van der Waals surface area contributed by atoms with Crippen molar-refractivity contribution in [2.75, 3.05) is 5.32 Å². The van der Waals surface area contributed by atoms with Crippen LogP contribution in [-0.2, 0) is 4.79 Å². The minimum absolute atomic E-state index is 0.208. The lowest BCUT2D eigenvalue weighted by Crippen LogP contribution is -2.32. The fourth-order valence-electron chi connectivity index (χ4n) is 1.59. The Morgan fingerprint density at radius 3 is 3.00 bits per heavy atom. The van der Waals surface area contributed by atoms with Crippen LogP contribution in [0, 0.1) is 6.92 Å². The molecule has 1 unspecified atom stereocenters. The molecule has 2 rings (SSSR count). The Morgan fingerprint density at radius 2 is 2.37 bits per heavy atom. The highest BCUT2D eigenvalue weighted by Crippen LogP contribution is 2.17. The lowest BCUT2D eigenvalue weighted by Gasteiger charge is -2.16. The number of carbonyl (C=O) groups is 1. The molecule has 6 heteroatoms. The van der Waals surface area contributed by atoms with Gasteiger partial charge < -0.3 is 4.74 Å². The van der Waals surface area contributed by atoms with E-state index in [1.807, 2.05) is 38.1 Å². The Morgan fingerprint density at radius 1 is 1.53 bits per heavy atom. The van der Waals surface area contributed by atoms with Gasteiger partial charge in [-0.3, -0.25) is 10.1 Å². The smallest absolute Gasteiger partial charge is 0.267 e. The van der Waals surface area contributed by atoms with Gasteiger partial charge in [-0.05, 0) is 31.0 Å². The summed E-state index contributed by atoms with van der Waals surface area (Å²) in [6.45, 7) is 3.88. The summed E-state index contributed by atoms with van der Waals surface area (Å²) < 4.78 is 5.70. The van der Waals surface area contributed by atoms with E-state index in [1.54, 1.807) is 5.51 Å². The number of rotatable bonds is 5. The van der Waals surface area contributed by atoms with Crippen molar-refractivity contribution < 1.29 is 9.53 Å². The molecule has 0 aliphatic carbocycles. The molecule has 100 valence electrons. The molecule has 1 aromatic carbocycles. The summed E-state index contributed by atoms with van der Waals surface area (Å²) >= 11 is 1.28. The number of carbonyl (C=O) groups excluding carboxylic acids is 1. The molecule has 1 N–H and O–H groups in total. The van der Waals surface area contributed by atoms with Crippen LogP contribution in [0.4, 0.5) is 5.13 Å². The number of aromatic nitrogens is 2. The highest BCUT2D eigenvalue weighted by atomic mass is 32.1. The van der Waals surface area contributed by atoms with E-state index in [9.17, 15) is 4.79 Å². The van der Waals surface area contributed by atoms with Gasteiger partial charge in [-0.15, -0.1) is 10.2 Å². The van der Waals surface area contributed by atoms with Gasteiger partial charge in [-0.25, -0.2) is 0 Å². The van der Waals surface area contributed by atoms with E-state index in [4.69, 9.17) is 4.74 Å². The number of nitrogens with one attached hydrogen (secondary N) is 1. The first kappa shape index (κ1) is 13.5. The van der Waals surface area contributed by atoms with Crippen LogP contribution in [0.1, 0.15) is 18.9 Å². The third-order valence-electron chi connectivity index (χ3n) is 2.52. The van der Waals surface area contributed by atoms with E-state index in [-0.39, 0.29) is 5.91 Å². The van der Waals surface area contributed by atoms with Gasteiger partial charge in [0.15, 0.2) is 6.10 Å². The minimum Gasteiger partial charge on any atom is -0.481 e. The van der Waals surface area contributed by atoms with E-state index in [1.165, 1.54) is 11.3 Å². The minimum atomic E-state index is -0.536. The van der Waals surface area contributed by atoms with Crippen molar-refractivity contribution in [1.29, 1.82) is 0 Å². The van der Waals surface area contributed by atoms with Crippen LogP contribution in [0.15, 0.2) is 29.8 Å². The average molecular weight is 277 g/mol. The normalized spacial score (nSPS) is 11.9. The number of nitrogens with zero attached hydrogens (tertiary/aromatic N) is 2. The summed E-state index contributed by atoms with van der Waals surface area (Å²) in [6.07, 6.45) is 0.0455. The Kier molecular flexibility index (Phi) is 4.46. The van der Waals surface area contributed by atoms with Crippen molar-refractivity contribution in [3.05, 3.63) is 35.3 Å². The first-order valence-electron chi connectivity index (χ1n) is 5.99. The van der Waals surface area contributed by atoms with Crippen LogP contribution in [0.2, 0.25) is 0 Å². The number of amides is 1. The SMILES string of the molecule is CCC(Oc1cccc(C)c1)C(=O)Nc1nncs1. The maximum Gasteiger partial charge on any atom is 0.267 e. The van der Waals surface area contributed by atoms with Crippen LogP contribution < -0.4 is 10.1 Å². The number of aryl methyl sites for hydroxylation is 1. The third-order valence-corrected chi connectivity index (χ3v) is 3.13. The van der Waals surface area contributed by atoms with Crippen molar-refractivity contribution in [2.45, 2.75) is 26.4 Å². The number of benzene rings is 1. The second-order valence-electron chi connectivity index (χ2n) is 4.06. The Balaban J connectivity index is 2.01. The molecule has 0 fully saturated rings. The van der Waals surface area contributed by atoms with Gasteiger partial charge in [0.25, 0.3) is 5.91 Å². The van der Waals surface area contributed by atoms with Gasteiger partial charge in [0.2, 0.25) is 5.13 Å². The summed E-state index contributed by atoms with van der Waals surface area (Å²) in [5.41, 5.74) is 2.66. The van der Waals surface area contributed by atoms with Crippen LogP contribution >= 0.6 is 11.3 Å². The fourth-order valence-corrected chi connectivity index (χ4v) is 2.04. The summed E-state index contributed by atoms with van der Waals surface area (Å²) in [5.74, 6) is 0.486. The molecule has 5 nitrogen and oxygen atoms in total. The molecule has 1 aromatic heterocycles. The molecule has 0 saturated carbocycles. The quantitative estimate of drug-likeness (QED) is 0.912. The molecule has 0 saturated heterocycles. The molecule has 2 aromatic rings. The Labute approximate surface area is 115 Å². The molecule has 1 heterocycles. The number of anilines is 1. The molecule has 0 bridgehead atoms. The van der Waals surface area contributed by atoms with Crippen molar-refractivity contribution in [2.24, 2.45) is 0 Å². The van der Waals surface area contributed by atoms with Gasteiger partial charge >= 0.3 is 0 Å². The Bertz CT molecular complexity index is 543. The van der Waals surface area contributed by atoms with E-state index in [2.05, 4.69) is 15.5 Å². The van der Waals surface area contributed by atoms with E-state index in [0.29, 0.717) is 17.3 Å². The van der Waals surface area contributed by atoms with Gasteiger partial charge in [-0.2, -0.15) is 0 Å². The van der Waals surface area contributed by atoms with E-state index in [0.717, 1.165) is 5.56 Å². The molecular weight excluding hydrogens is 262 g/mol. The van der Waals surface area contributed by atoms with E-state index >= 15 is 0 Å². The summed E-state index contributed by atoms with van der Waals surface area (Å²) in [6, 6.07) is 7.63. The third kappa shape index (κ3) is 3.75. The summed E-state index contributed by atoms with van der Waals surface area (Å²) in [5, 5.41) is 10.6. The zero-order valence-electron chi connectivity index (χ0n) is 10.8. The van der Waals surface area contributed by atoms with Crippen molar-refractivity contribution in [3.63, 3.8) is 0 Å². The maximum atomic E-state index is 12.0. The maximum absolute atomic E-state index is 12.0. The standard InChI is InChI=1S/C13H15N3O2S/c1-3-11(12(17)15-13-16-14-8-19-13)18-10-6-4-5-9(2)7-10/h4-8,11H,3H2,1-2H3,(H,15,16,17). The first-order chi connectivity index (χ1) is 9.19. The van der Waals surface area contributed by atoms with Gasteiger partial charge in [0.1, 0.15) is 11.3 Å². The highest BCUT2D eigenvalue weighted by Gasteiger charge is 2.19. The van der Waals surface area contributed by atoms with Crippen molar-refractivity contribution >= 4 is 22.4 Å². The molecular formula is C13H15N3O2S. The average Bonchev–Trinajstić information content (AvgIpc) is 2.88. The highest BCUT2D eigenvalue weighted by molar-refractivity contribution is 7.13. The lowest BCUT2D eigenvalue weighted by molar-refractivity contribution is -0.122. The van der Waals surface area contributed by atoms with Gasteiger partial charge in [-0.1, -0.05) is 30.4 Å². The van der Waals surface area contributed by atoms with E-state index < -0.39 is 6.10 Å². The second-order valence-corrected chi connectivity index (χ2v) is 4.90. The molecule has 0 spiro atoms. The van der Waals surface area contributed by atoms with Crippen LogP contribution in [0.25, 0.3) is 0 Å². The topological polar surface area (TPSA) is 64.1 Å². The zero-order valence-corrected chi connectivity index (χ0v) is 11.6. The number of hydrogen-bond acceptors (Lipinski definition) is 5. The van der Waals surface area contributed by atoms with Crippen LogP contribution in [-0.4, -0.2) is 22.2 Å². The predicted molar refractivity (Wildman–Crippen MR) is 74.4 cm³/mol. The van der Waals surface area contributed by atoms with Crippen LogP contribution in [0.3, 0.4) is 0 Å². The summed E-state index contributed by atoms with van der Waals surface area (Å²) in [4.78, 5) is 12.0. The predicted octanol–water partition coefficient (Wildman–Crippen LogP) is 2.64. The van der Waals surface area contributed by atoms with Gasteiger partial charge in [0, 0.05) is 0 Å². The zero-order chi connectivity index (χ0) is 13.7. The monoisotopic (exact) mass is 277 g/mol. The van der Waals surface area contributed by atoms with Crippen molar-refractivity contribution in [1.82, 2.24) is 10.2 Å². The van der Waals surface area contributed by atoms with Gasteiger partial charge in [0.05, 0.1) is 0 Å².